The summed E-state index contributed by atoms with van der Waals surface area (Å²) in [6.45, 7) is 0. The van der Waals surface area contributed by atoms with Crippen molar-refractivity contribution >= 4 is 22.1 Å². The Morgan fingerprint density at radius 1 is 0.414 bits per heavy atom. The molecule has 0 amide bonds. The molecule has 5 aromatic rings. The third-order valence-corrected chi connectivity index (χ3v) is 5.28. The van der Waals surface area contributed by atoms with Gasteiger partial charge in [-0.25, -0.2) is 0 Å². The minimum absolute atomic E-state index is 1.08. The number of hydrogen-bond acceptors (Lipinski definition) is 1. The Morgan fingerprint density at radius 3 is 1.90 bits per heavy atom. The van der Waals surface area contributed by atoms with Crippen LogP contribution >= 0.6 is 0 Å². The van der Waals surface area contributed by atoms with Crippen LogP contribution in [0.25, 0.3) is 33.0 Å². The van der Waals surface area contributed by atoms with Crippen molar-refractivity contribution in [1.82, 2.24) is 0 Å². The molecule has 0 heterocycles. The summed E-state index contributed by atoms with van der Waals surface area (Å²) in [5.41, 5.74) is 7.09. The van der Waals surface area contributed by atoms with Crippen LogP contribution in [0.2, 0.25) is 0 Å². The van der Waals surface area contributed by atoms with Gasteiger partial charge in [0, 0.05) is 16.9 Å². The van der Waals surface area contributed by atoms with Gasteiger partial charge in [-0.15, -0.1) is 0 Å². The normalized spacial score (nSPS) is 10.8. The van der Waals surface area contributed by atoms with Gasteiger partial charge in [0.15, 0.2) is 0 Å². The summed E-state index contributed by atoms with van der Waals surface area (Å²) in [5.74, 6) is 0. The molecule has 0 radical (unpaired) electrons. The van der Waals surface area contributed by atoms with Crippen LogP contribution in [-0.4, -0.2) is 0 Å². The molecule has 0 aliphatic rings. The average Bonchev–Trinajstić information content (AvgIpc) is 2.80. The molecule has 5 aromatic carbocycles. The Kier molecular flexibility index (Phi) is 4.56. The third kappa shape index (κ3) is 3.51. The molecule has 29 heavy (non-hydrogen) atoms. The highest BCUT2D eigenvalue weighted by atomic mass is 14.9. The zero-order valence-corrected chi connectivity index (χ0v) is 16.0. The Hall–Kier alpha value is -3.84. The van der Waals surface area contributed by atoms with Crippen molar-refractivity contribution in [3.05, 3.63) is 121 Å². The first kappa shape index (κ1) is 17.3. The van der Waals surface area contributed by atoms with Gasteiger partial charge >= 0.3 is 0 Å². The van der Waals surface area contributed by atoms with E-state index in [-0.39, 0.29) is 0 Å². The molecule has 5 rings (SSSR count). The highest BCUT2D eigenvalue weighted by molar-refractivity contribution is 6.00. The molecular weight excluding hydrogens is 350 g/mol. The maximum absolute atomic E-state index is 3.61. The van der Waals surface area contributed by atoms with Crippen LogP contribution in [0.1, 0.15) is 0 Å². The van der Waals surface area contributed by atoms with E-state index in [0.29, 0.717) is 0 Å². The van der Waals surface area contributed by atoms with Gasteiger partial charge in [-0.1, -0.05) is 103 Å². The molecule has 0 unspecified atom stereocenters. The van der Waals surface area contributed by atoms with E-state index in [1.54, 1.807) is 0 Å². The molecule has 1 N–H and O–H groups in total. The maximum Gasteiger partial charge on any atom is 0.0464 e. The first-order chi connectivity index (χ1) is 14.4. The zero-order valence-electron chi connectivity index (χ0n) is 16.0. The van der Waals surface area contributed by atoms with Gasteiger partial charge in [0.1, 0.15) is 0 Å². The fourth-order valence-corrected chi connectivity index (χ4v) is 3.82. The fourth-order valence-electron chi connectivity index (χ4n) is 3.82. The second-order valence-corrected chi connectivity index (χ2v) is 7.14. The number of nitrogens with one attached hydrogen (secondary N) is 1. The van der Waals surface area contributed by atoms with Gasteiger partial charge in [0.05, 0.1) is 0 Å². The number of para-hydroxylation sites is 1. The molecule has 0 aliphatic carbocycles. The maximum atomic E-state index is 3.61. The van der Waals surface area contributed by atoms with E-state index in [4.69, 9.17) is 0 Å². The molecule has 0 aliphatic heterocycles. The summed E-state index contributed by atoms with van der Waals surface area (Å²) >= 11 is 0. The number of benzene rings is 5. The van der Waals surface area contributed by atoms with E-state index in [1.807, 2.05) is 6.07 Å². The standard InChI is InChI=1S/C28H21N/c1-2-9-21(10-3-1)22-17-19-24(20-18-22)29-28-16-7-6-14-27(28)26-15-8-12-23-11-4-5-13-25(23)26/h1-20,29H. The smallest absolute Gasteiger partial charge is 0.0464 e. The number of hydrogen-bond donors (Lipinski definition) is 1. The topological polar surface area (TPSA) is 12.0 Å². The predicted molar refractivity (Wildman–Crippen MR) is 125 cm³/mol. The van der Waals surface area contributed by atoms with E-state index in [0.717, 1.165) is 11.4 Å². The van der Waals surface area contributed by atoms with Crippen LogP contribution in [0.5, 0.6) is 0 Å². The SMILES string of the molecule is c1ccc(-c2ccc(Nc3ccccc3-c3cccc4ccccc34)cc2)cc1. The molecule has 0 fully saturated rings. The Morgan fingerprint density at radius 2 is 1.03 bits per heavy atom. The lowest BCUT2D eigenvalue weighted by atomic mass is 9.97. The summed E-state index contributed by atoms with van der Waals surface area (Å²) in [4.78, 5) is 0. The molecule has 0 atom stereocenters. The number of rotatable bonds is 4. The van der Waals surface area contributed by atoms with Crippen molar-refractivity contribution in [2.24, 2.45) is 0 Å². The first-order valence-corrected chi connectivity index (χ1v) is 9.88. The van der Waals surface area contributed by atoms with E-state index in [9.17, 15) is 0 Å². The van der Waals surface area contributed by atoms with Gasteiger partial charge in [-0.3, -0.25) is 0 Å². The van der Waals surface area contributed by atoms with Gasteiger partial charge in [0.25, 0.3) is 0 Å². The lowest BCUT2D eigenvalue weighted by molar-refractivity contribution is 1.53. The summed E-state index contributed by atoms with van der Waals surface area (Å²) in [6.07, 6.45) is 0. The van der Waals surface area contributed by atoms with Crippen LogP contribution in [0.15, 0.2) is 121 Å². The van der Waals surface area contributed by atoms with Crippen molar-refractivity contribution in [3.8, 4) is 22.3 Å². The Bertz CT molecular complexity index is 1250. The minimum atomic E-state index is 1.08. The number of fused-ring (bicyclic) bond motifs is 1. The number of anilines is 2. The second-order valence-electron chi connectivity index (χ2n) is 7.14. The molecule has 0 saturated heterocycles. The Balaban J connectivity index is 1.50. The highest BCUT2D eigenvalue weighted by Crippen LogP contribution is 2.35. The van der Waals surface area contributed by atoms with Crippen molar-refractivity contribution in [1.29, 1.82) is 0 Å². The van der Waals surface area contributed by atoms with Crippen LogP contribution in [0.3, 0.4) is 0 Å². The second kappa shape index (κ2) is 7.65. The monoisotopic (exact) mass is 371 g/mol. The largest absolute Gasteiger partial charge is 0.355 e. The van der Waals surface area contributed by atoms with E-state index in [1.165, 1.54) is 33.0 Å². The summed E-state index contributed by atoms with van der Waals surface area (Å²) in [7, 11) is 0. The van der Waals surface area contributed by atoms with Crippen LogP contribution in [0.4, 0.5) is 11.4 Å². The predicted octanol–water partition coefficient (Wildman–Crippen LogP) is 7.92. The van der Waals surface area contributed by atoms with Crippen LogP contribution in [0, 0.1) is 0 Å². The van der Waals surface area contributed by atoms with Crippen molar-refractivity contribution in [2.75, 3.05) is 5.32 Å². The van der Waals surface area contributed by atoms with E-state index >= 15 is 0 Å². The van der Waals surface area contributed by atoms with Crippen molar-refractivity contribution < 1.29 is 0 Å². The fraction of sp³-hybridized carbons (Fsp3) is 0. The van der Waals surface area contributed by atoms with Crippen LogP contribution < -0.4 is 5.32 Å². The molecule has 138 valence electrons. The first-order valence-electron chi connectivity index (χ1n) is 9.88. The van der Waals surface area contributed by atoms with E-state index < -0.39 is 0 Å². The van der Waals surface area contributed by atoms with Gasteiger partial charge in [-0.05, 0) is 45.7 Å². The van der Waals surface area contributed by atoms with Gasteiger partial charge in [0.2, 0.25) is 0 Å². The minimum Gasteiger partial charge on any atom is -0.355 e. The average molecular weight is 371 g/mol. The quantitative estimate of drug-likeness (QED) is 0.338. The third-order valence-electron chi connectivity index (χ3n) is 5.28. The molecule has 1 heteroatoms. The molecule has 0 bridgehead atoms. The summed E-state index contributed by atoms with van der Waals surface area (Å²) in [6, 6.07) is 42.6. The molecule has 0 aromatic heterocycles. The van der Waals surface area contributed by atoms with Crippen LogP contribution in [-0.2, 0) is 0 Å². The van der Waals surface area contributed by atoms with Gasteiger partial charge in [-0.2, -0.15) is 0 Å². The summed E-state index contributed by atoms with van der Waals surface area (Å²) in [5, 5.41) is 6.14. The molecule has 0 spiro atoms. The molecule has 1 nitrogen and oxygen atoms in total. The zero-order chi connectivity index (χ0) is 19.5. The molecule has 0 saturated carbocycles. The van der Waals surface area contributed by atoms with Gasteiger partial charge < -0.3 is 5.32 Å². The lowest BCUT2D eigenvalue weighted by Crippen LogP contribution is -1.94. The van der Waals surface area contributed by atoms with E-state index in [2.05, 4.69) is 121 Å². The van der Waals surface area contributed by atoms with Crippen molar-refractivity contribution in [2.45, 2.75) is 0 Å². The summed E-state index contributed by atoms with van der Waals surface area (Å²) < 4.78 is 0. The molecular formula is C28H21N. The highest BCUT2D eigenvalue weighted by Gasteiger charge is 2.08. The Labute approximate surface area is 171 Å². The lowest BCUT2D eigenvalue weighted by Gasteiger charge is -2.14. The van der Waals surface area contributed by atoms with Crippen molar-refractivity contribution in [3.63, 3.8) is 0 Å².